The molecule has 0 aliphatic rings. The van der Waals surface area contributed by atoms with E-state index in [-0.39, 0.29) is 5.41 Å². The lowest BCUT2D eigenvalue weighted by Crippen LogP contribution is -2.27. The monoisotopic (exact) mass is 292 g/mol. The molecule has 4 heteroatoms. The van der Waals surface area contributed by atoms with Crippen molar-refractivity contribution < 1.29 is 0 Å². The van der Waals surface area contributed by atoms with Gasteiger partial charge in [0.15, 0.2) is 0 Å². The lowest BCUT2D eigenvalue weighted by atomic mass is 9.96. The van der Waals surface area contributed by atoms with Crippen molar-refractivity contribution in [1.29, 1.82) is 0 Å². The van der Waals surface area contributed by atoms with Gasteiger partial charge in [-0.25, -0.2) is 9.97 Å². The molecule has 1 aromatic heterocycles. The first-order chi connectivity index (χ1) is 9.77. The summed E-state index contributed by atoms with van der Waals surface area (Å²) in [6.07, 6.45) is 2.27. The van der Waals surface area contributed by atoms with E-state index in [4.69, 9.17) is 4.98 Å². The lowest BCUT2D eigenvalue weighted by molar-refractivity contribution is 0.536. The average Bonchev–Trinajstić information content (AvgIpc) is 2.43. The summed E-state index contributed by atoms with van der Waals surface area (Å²) in [7, 11) is 2.12. The van der Waals surface area contributed by atoms with Crippen molar-refractivity contribution in [3.05, 3.63) is 11.9 Å². The topological polar surface area (TPSA) is 41.0 Å². The smallest absolute Gasteiger partial charge is 0.138 e. The SMILES string of the molecule is CCCNc1cc(N(C)CC(C)CC)nc(C(C)(C)C)n1. The van der Waals surface area contributed by atoms with Gasteiger partial charge in [-0.1, -0.05) is 48.0 Å². The minimum Gasteiger partial charge on any atom is -0.370 e. The molecule has 0 fully saturated rings. The Balaban J connectivity index is 3.06. The highest BCUT2D eigenvalue weighted by molar-refractivity contribution is 5.49. The van der Waals surface area contributed by atoms with Gasteiger partial charge in [0.25, 0.3) is 0 Å². The van der Waals surface area contributed by atoms with Crippen LogP contribution in [0.3, 0.4) is 0 Å². The third-order valence-corrected chi connectivity index (χ3v) is 3.61. The molecule has 21 heavy (non-hydrogen) atoms. The molecular weight excluding hydrogens is 260 g/mol. The Morgan fingerprint density at radius 3 is 2.43 bits per heavy atom. The van der Waals surface area contributed by atoms with Gasteiger partial charge in [0.1, 0.15) is 17.5 Å². The second kappa shape index (κ2) is 7.62. The van der Waals surface area contributed by atoms with E-state index in [0.717, 1.165) is 37.0 Å². The summed E-state index contributed by atoms with van der Waals surface area (Å²) in [5, 5.41) is 3.39. The summed E-state index contributed by atoms with van der Waals surface area (Å²) < 4.78 is 0. The fourth-order valence-electron chi connectivity index (χ4n) is 2.00. The Morgan fingerprint density at radius 1 is 1.24 bits per heavy atom. The van der Waals surface area contributed by atoms with Crippen LogP contribution in [0, 0.1) is 5.92 Å². The van der Waals surface area contributed by atoms with Gasteiger partial charge in [0, 0.05) is 31.6 Å². The maximum atomic E-state index is 4.77. The van der Waals surface area contributed by atoms with E-state index in [1.807, 2.05) is 0 Å². The molecule has 120 valence electrons. The third-order valence-electron chi connectivity index (χ3n) is 3.61. The number of hydrogen-bond donors (Lipinski definition) is 1. The maximum absolute atomic E-state index is 4.77. The second-order valence-electron chi connectivity index (χ2n) is 7.01. The molecule has 0 spiro atoms. The molecule has 1 aromatic rings. The lowest BCUT2D eigenvalue weighted by Gasteiger charge is -2.25. The number of hydrogen-bond acceptors (Lipinski definition) is 4. The van der Waals surface area contributed by atoms with Crippen LogP contribution in [0.2, 0.25) is 0 Å². The summed E-state index contributed by atoms with van der Waals surface area (Å²) in [4.78, 5) is 11.7. The molecule has 4 nitrogen and oxygen atoms in total. The zero-order valence-electron chi connectivity index (χ0n) is 14.8. The Kier molecular flexibility index (Phi) is 6.43. The molecule has 0 aliphatic heterocycles. The number of nitrogens with one attached hydrogen (secondary N) is 1. The van der Waals surface area contributed by atoms with E-state index in [0.29, 0.717) is 5.92 Å². The summed E-state index contributed by atoms with van der Waals surface area (Å²) in [6, 6.07) is 2.06. The number of anilines is 2. The van der Waals surface area contributed by atoms with Crippen LogP contribution in [0.4, 0.5) is 11.6 Å². The van der Waals surface area contributed by atoms with Gasteiger partial charge in [0.2, 0.25) is 0 Å². The quantitative estimate of drug-likeness (QED) is 0.822. The van der Waals surface area contributed by atoms with Crippen molar-refractivity contribution in [1.82, 2.24) is 9.97 Å². The normalized spacial score (nSPS) is 13.1. The van der Waals surface area contributed by atoms with Crippen LogP contribution in [0.25, 0.3) is 0 Å². The highest BCUT2D eigenvalue weighted by Gasteiger charge is 2.20. The molecule has 0 saturated carbocycles. The predicted octanol–water partition coefficient (Wildman–Crippen LogP) is 4.08. The molecule has 0 radical (unpaired) electrons. The fourth-order valence-corrected chi connectivity index (χ4v) is 2.00. The fraction of sp³-hybridized carbons (Fsp3) is 0.765. The highest BCUT2D eigenvalue weighted by atomic mass is 15.2. The minimum absolute atomic E-state index is 0.0458. The number of rotatable bonds is 7. The Hall–Kier alpha value is -1.32. The van der Waals surface area contributed by atoms with Gasteiger partial charge in [-0.3, -0.25) is 0 Å². The van der Waals surface area contributed by atoms with Crippen LogP contribution in [-0.4, -0.2) is 30.1 Å². The molecule has 0 bridgehead atoms. The van der Waals surface area contributed by atoms with Crippen LogP contribution >= 0.6 is 0 Å². The predicted molar refractivity (Wildman–Crippen MR) is 92.2 cm³/mol. The van der Waals surface area contributed by atoms with E-state index in [9.17, 15) is 0 Å². The van der Waals surface area contributed by atoms with Gasteiger partial charge in [0.05, 0.1) is 0 Å². The molecule has 0 saturated heterocycles. The summed E-state index contributed by atoms with van der Waals surface area (Å²) >= 11 is 0. The van der Waals surface area contributed by atoms with E-state index in [1.165, 1.54) is 6.42 Å². The van der Waals surface area contributed by atoms with E-state index < -0.39 is 0 Å². The number of aromatic nitrogens is 2. The first-order valence-corrected chi connectivity index (χ1v) is 8.12. The Morgan fingerprint density at radius 2 is 1.90 bits per heavy atom. The zero-order valence-corrected chi connectivity index (χ0v) is 14.8. The van der Waals surface area contributed by atoms with Crippen LogP contribution in [0.1, 0.15) is 60.2 Å². The van der Waals surface area contributed by atoms with Crippen LogP contribution < -0.4 is 10.2 Å². The van der Waals surface area contributed by atoms with Gasteiger partial charge in [-0.15, -0.1) is 0 Å². The van der Waals surface area contributed by atoms with Gasteiger partial charge >= 0.3 is 0 Å². The Bertz CT molecular complexity index is 437. The molecule has 1 rings (SSSR count). The van der Waals surface area contributed by atoms with Crippen LogP contribution in [0.5, 0.6) is 0 Å². The standard InChI is InChI=1S/C17H32N4/c1-8-10-18-14-11-15(21(7)12-13(3)9-2)20-16(19-14)17(4,5)6/h11,13H,8-10,12H2,1-7H3,(H,18,19,20). The molecule has 1 N–H and O–H groups in total. The highest BCUT2D eigenvalue weighted by Crippen LogP contribution is 2.24. The molecular formula is C17H32N4. The number of nitrogens with zero attached hydrogens (tertiary/aromatic N) is 3. The van der Waals surface area contributed by atoms with Crippen molar-refractivity contribution in [2.24, 2.45) is 5.92 Å². The third kappa shape index (κ3) is 5.52. The molecule has 1 unspecified atom stereocenters. The largest absolute Gasteiger partial charge is 0.370 e. The first-order valence-electron chi connectivity index (χ1n) is 8.12. The van der Waals surface area contributed by atoms with Gasteiger partial charge < -0.3 is 10.2 Å². The molecule has 1 heterocycles. The zero-order chi connectivity index (χ0) is 16.0. The molecule has 1 atom stereocenters. The first kappa shape index (κ1) is 17.7. The maximum Gasteiger partial charge on any atom is 0.138 e. The van der Waals surface area contributed by atoms with Crippen molar-refractivity contribution in [2.75, 3.05) is 30.4 Å². The average molecular weight is 292 g/mol. The van der Waals surface area contributed by atoms with Gasteiger partial charge in [-0.05, 0) is 12.3 Å². The Labute approximate surface area is 130 Å². The van der Waals surface area contributed by atoms with Crippen LogP contribution in [0.15, 0.2) is 6.07 Å². The molecule has 0 aromatic carbocycles. The van der Waals surface area contributed by atoms with Crippen molar-refractivity contribution in [3.8, 4) is 0 Å². The van der Waals surface area contributed by atoms with E-state index in [1.54, 1.807) is 0 Å². The van der Waals surface area contributed by atoms with E-state index in [2.05, 4.69) is 69.9 Å². The van der Waals surface area contributed by atoms with Crippen molar-refractivity contribution in [3.63, 3.8) is 0 Å². The summed E-state index contributed by atoms with van der Waals surface area (Å²) in [5.74, 6) is 3.50. The summed E-state index contributed by atoms with van der Waals surface area (Å²) in [6.45, 7) is 15.1. The van der Waals surface area contributed by atoms with Crippen molar-refractivity contribution in [2.45, 2.75) is 59.8 Å². The molecule has 0 amide bonds. The van der Waals surface area contributed by atoms with Crippen molar-refractivity contribution >= 4 is 11.6 Å². The molecule has 0 aliphatic carbocycles. The van der Waals surface area contributed by atoms with Gasteiger partial charge in [-0.2, -0.15) is 0 Å². The van der Waals surface area contributed by atoms with E-state index >= 15 is 0 Å². The van der Waals surface area contributed by atoms with Crippen LogP contribution in [-0.2, 0) is 5.41 Å². The second-order valence-corrected chi connectivity index (χ2v) is 7.01. The summed E-state index contributed by atoms with van der Waals surface area (Å²) in [5.41, 5.74) is -0.0458. The minimum atomic E-state index is -0.0458.